The summed E-state index contributed by atoms with van der Waals surface area (Å²) in [7, 11) is 0. The highest BCUT2D eigenvalue weighted by Gasteiger charge is 2.45. The molecule has 0 radical (unpaired) electrons. The highest BCUT2D eigenvalue weighted by Crippen LogP contribution is 2.44. The lowest BCUT2D eigenvalue weighted by molar-refractivity contribution is -0.0712. The summed E-state index contributed by atoms with van der Waals surface area (Å²) in [6.07, 6.45) is 3.97. The van der Waals surface area contributed by atoms with Crippen molar-refractivity contribution in [3.05, 3.63) is 96.1 Å². The molecule has 0 aliphatic carbocycles. The number of piperidine rings is 2. The van der Waals surface area contributed by atoms with Crippen molar-refractivity contribution in [2.75, 3.05) is 13.1 Å². The molecule has 2 fully saturated rings. The van der Waals surface area contributed by atoms with Crippen molar-refractivity contribution < 1.29 is 5.11 Å². The van der Waals surface area contributed by atoms with Gasteiger partial charge in [0.1, 0.15) is 0 Å². The van der Waals surface area contributed by atoms with E-state index in [1.165, 1.54) is 23.1 Å². The van der Waals surface area contributed by atoms with E-state index in [-0.39, 0.29) is 5.41 Å². The van der Waals surface area contributed by atoms with E-state index >= 15 is 0 Å². The lowest BCUT2D eigenvalue weighted by atomic mass is 9.70. The summed E-state index contributed by atoms with van der Waals surface area (Å²) >= 11 is 0. The van der Waals surface area contributed by atoms with Crippen molar-refractivity contribution in [1.82, 2.24) is 4.90 Å². The number of fused-ring (bicyclic) bond motifs is 1. The lowest BCUT2D eigenvalue weighted by Crippen LogP contribution is -2.56. The SMILES string of the molecule is CC1(c2ccccc2)CCC2CC(O)(c3ccc(-c4ccccc4)cc3)CCN2C1. The zero-order chi connectivity index (χ0) is 20.6. The van der Waals surface area contributed by atoms with Gasteiger partial charge in [-0.05, 0) is 47.9 Å². The molecule has 1 N–H and O–H groups in total. The average molecular weight is 398 g/mol. The predicted octanol–water partition coefficient (Wildman–Crippen LogP) is 5.76. The van der Waals surface area contributed by atoms with Crippen LogP contribution in [-0.4, -0.2) is 29.1 Å². The second kappa shape index (κ2) is 7.68. The second-order valence-corrected chi connectivity index (χ2v) is 9.52. The molecule has 3 atom stereocenters. The van der Waals surface area contributed by atoms with Crippen LogP contribution in [0.2, 0.25) is 0 Å². The maximum Gasteiger partial charge on any atom is 0.0923 e. The maximum absolute atomic E-state index is 11.6. The molecule has 0 aromatic heterocycles. The first kappa shape index (κ1) is 19.5. The number of hydrogen-bond donors (Lipinski definition) is 1. The molecule has 2 heteroatoms. The summed E-state index contributed by atoms with van der Waals surface area (Å²) in [4.78, 5) is 2.63. The van der Waals surface area contributed by atoms with Gasteiger partial charge in [0.2, 0.25) is 0 Å². The monoisotopic (exact) mass is 397 g/mol. The summed E-state index contributed by atoms with van der Waals surface area (Å²) in [5.74, 6) is 0. The third-order valence-corrected chi connectivity index (χ3v) is 7.48. The van der Waals surface area contributed by atoms with Crippen LogP contribution in [0.3, 0.4) is 0 Å². The van der Waals surface area contributed by atoms with Crippen LogP contribution in [0, 0.1) is 0 Å². The Morgan fingerprint density at radius 2 is 1.40 bits per heavy atom. The molecule has 3 unspecified atom stereocenters. The van der Waals surface area contributed by atoms with E-state index < -0.39 is 5.60 Å². The largest absolute Gasteiger partial charge is 0.385 e. The summed E-state index contributed by atoms with van der Waals surface area (Å²) in [5.41, 5.74) is 4.44. The van der Waals surface area contributed by atoms with Crippen LogP contribution in [0.5, 0.6) is 0 Å². The Morgan fingerprint density at radius 3 is 2.10 bits per heavy atom. The summed E-state index contributed by atoms with van der Waals surface area (Å²) in [5, 5.41) is 11.6. The van der Waals surface area contributed by atoms with Crippen LogP contribution in [0.15, 0.2) is 84.9 Å². The fraction of sp³-hybridized carbons (Fsp3) is 0.357. The fourth-order valence-electron chi connectivity index (χ4n) is 5.58. The highest BCUT2D eigenvalue weighted by atomic mass is 16.3. The van der Waals surface area contributed by atoms with Gasteiger partial charge in [0.25, 0.3) is 0 Å². The van der Waals surface area contributed by atoms with Crippen LogP contribution in [0.25, 0.3) is 11.1 Å². The Bertz CT molecular complexity index is 984. The van der Waals surface area contributed by atoms with E-state index in [4.69, 9.17) is 0 Å². The molecule has 2 aliphatic rings. The van der Waals surface area contributed by atoms with E-state index in [1.54, 1.807) is 0 Å². The number of rotatable bonds is 3. The van der Waals surface area contributed by atoms with Crippen molar-refractivity contribution in [3.63, 3.8) is 0 Å². The molecule has 0 spiro atoms. The zero-order valence-corrected chi connectivity index (χ0v) is 17.8. The molecule has 5 rings (SSSR count). The number of benzene rings is 3. The molecular weight excluding hydrogens is 366 g/mol. The van der Waals surface area contributed by atoms with E-state index in [1.807, 2.05) is 6.07 Å². The Morgan fingerprint density at radius 1 is 0.767 bits per heavy atom. The van der Waals surface area contributed by atoms with Gasteiger partial charge in [0, 0.05) is 24.5 Å². The summed E-state index contributed by atoms with van der Waals surface area (Å²) in [6, 6.07) is 30.4. The van der Waals surface area contributed by atoms with Gasteiger partial charge in [-0.15, -0.1) is 0 Å². The minimum absolute atomic E-state index is 0.213. The maximum atomic E-state index is 11.6. The van der Waals surface area contributed by atoms with Gasteiger partial charge in [0.05, 0.1) is 5.60 Å². The third-order valence-electron chi connectivity index (χ3n) is 7.48. The normalized spacial score (nSPS) is 29.3. The van der Waals surface area contributed by atoms with Crippen molar-refractivity contribution in [3.8, 4) is 11.1 Å². The summed E-state index contributed by atoms with van der Waals surface area (Å²) < 4.78 is 0. The van der Waals surface area contributed by atoms with E-state index in [9.17, 15) is 5.11 Å². The average Bonchev–Trinajstić information content (AvgIpc) is 2.81. The standard InChI is InChI=1S/C28H31NO/c1-27(24-10-6-3-7-11-24)17-16-26-20-28(30,18-19-29(26)21-27)25-14-12-23(13-15-25)22-8-4-2-5-9-22/h2-15,26,30H,16-21H2,1H3. The smallest absolute Gasteiger partial charge is 0.0923 e. The van der Waals surface area contributed by atoms with E-state index in [0.29, 0.717) is 6.04 Å². The van der Waals surface area contributed by atoms with Crippen LogP contribution < -0.4 is 0 Å². The molecule has 2 aliphatic heterocycles. The van der Waals surface area contributed by atoms with Crippen LogP contribution in [0.4, 0.5) is 0 Å². The van der Waals surface area contributed by atoms with Crippen molar-refractivity contribution >= 4 is 0 Å². The minimum atomic E-state index is -0.711. The fourth-order valence-corrected chi connectivity index (χ4v) is 5.58. The Hall–Kier alpha value is -2.42. The van der Waals surface area contributed by atoms with Crippen molar-refractivity contribution in [2.24, 2.45) is 0 Å². The zero-order valence-electron chi connectivity index (χ0n) is 17.8. The molecule has 0 bridgehead atoms. The van der Waals surface area contributed by atoms with Gasteiger partial charge in [-0.25, -0.2) is 0 Å². The van der Waals surface area contributed by atoms with Gasteiger partial charge in [-0.2, -0.15) is 0 Å². The number of nitrogens with zero attached hydrogens (tertiary/aromatic N) is 1. The predicted molar refractivity (Wildman–Crippen MR) is 123 cm³/mol. The van der Waals surface area contributed by atoms with Gasteiger partial charge >= 0.3 is 0 Å². The molecule has 3 aromatic rings. The van der Waals surface area contributed by atoms with Gasteiger partial charge in [-0.1, -0.05) is 91.9 Å². The minimum Gasteiger partial charge on any atom is -0.385 e. The molecule has 154 valence electrons. The Kier molecular flexibility index (Phi) is 5.00. The molecular formula is C28H31NO. The van der Waals surface area contributed by atoms with Gasteiger partial charge in [0.15, 0.2) is 0 Å². The first-order valence-electron chi connectivity index (χ1n) is 11.2. The quantitative estimate of drug-likeness (QED) is 0.608. The molecule has 2 saturated heterocycles. The molecule has 3 aromatic carbocycles. The molecule has 2 heterocycles. The van der Waals surface area contributed by atoms with Gasteiger partial charge < -0.3 is 5.11 Å². The molecule has 30 heavy (non-hydrogen) atoms. The first-order valence-corrected chi connectivity index (χ1v) is 11.2. The van der Waals surface area contributed by atoms with E-state index in [2.05, 4.69) is 90.7 Å². The van der Waals surface area contributed by atoms with Crippen molar-refractivity contribution in [2.45, 2.75) is 49.7 Å². The van der Waals surface area contributed by atoms with Gasteiger partial charge in [-0.3, -0.25) is 4.90 Å². The topological polar surface area (TPSA) is 23.5 Å². The summed E-state index contributed by atoms with van der Waals surface area (Å²) in [6.45, 7) is 4.45. The van der Waals surface area contributed by atoms with E-state index in [0.717, 1.165) is 37.9 Å². The van der Waals surface area contributed by atoms with Crippen LogP contribution in [0.1, 0.15) is 43.7 Å². The molecule has 2 nitrogen and oxygen atoms in total. The Labute approximate surface area is 180 Å². The van der Waals surface area contributed by atoms with Crippen LogP contribution >= 0.6 is 0 Å². The lowest BCUT2D eigenvalue weighted by Gasteiger charge is -2.51. The number of hydrogen-bond acceptors (Lipinski definition) is 2. The van der Waals surface area contributed by atoms with Crippen LogP contribution in [-0.2, 0) is 11.0 Å². The van der Waals surface area contributed by atoms with Crippen molar-refractivity contribution in [1.29, 1.82) is 0 Å². The highest BCUT2D eigenvalue weighted by molar-refractivity contribution is 5.63. The Balaban J connectivity index is 1.31. The molecule has 0 saturated carbocycles. The third kappa shape index (κ3) is 3.59. The number of aliphatic hydroxyl groups is 1. The second-order valence-electron chi connectivity index (χ2n) is 9.52. The molecule has 0 amide bonds. The first-order chi connectivity index (χ1) is 14.6.